The van der Waals surface area contributed by atoms with Gasteiger partial charge >= 0.3 is 5.97 Å². The van der Waals surface area contributed by atoms with Crippen molar-refractivity contribution in [2.45, 2.75) is 12.8 Å². The fourth-order valence-electron chi connectivity index (χ4n) is 1.55. The molecule has 98 valence electrons. The Bertz CT molecular complexity index is 464. The van der Waals surface area contributed by atoms with E-state index in [1.54, 1.807) is 24.1 Å². The number of nitrogens with zero attached hydrogens (tertiary/aromatic N) is 2. The van der Waals surface area contributed by atoms with Crippen LogP contribution in [0.4, 0.5) is 11.4 Å². The number of carboxylic acids is 1. The number of anilines is 1. The van der Waals surface area contributed by atoms with Gasteiger partial charge in [-0.05, 0) is 18.6 Å². The molecule has 0 spiro atoms. The molecule has 1 rings (SSSR count). The molecule has 7 heteroatoms. The molecule has 0 aliphatic carbocycles. The predicted octanol–water partition coefficient (Wildman–Crippen LogP) is 2.55. The molecule has 1 aromatic rings. The Hall–Kier alpha value is -1.82. The van der Waals surface area contributed by atoms with Crippen LogP contribution in [0.15, 0.2) is 18.2 Å². The van der Waals surface area contributed by atoms with Gasteiger partial charge in [0.25, 0.3) is 5.69 Å². The van der Waals surface area contributed by atoms with Crippen LogP contribution >= 0.6 is 11.6 Å². The van der Waals surface area contributed by atoms with E-state index in [1.165, 1.54) is 6.07 Å². The van der Waals surface area contributed by atoms with Crippen molar-refractivity contribution < 1.29 is 14.8 Å². The number of nitro benzene ring substituents is 1. The molecule has 0 radical (unpaired) electrons. The highest BCUT2D eigenvalue weighted by Gasteiger charge is 2.17. The van der Waals surface area contributed by atoms with Crippen LogP contribution in [-0.4, -0.2) is 29.6 Å². The lowest BCUT2D eigenvalue weighted by atomic mass is 10.2. The number of benzene rings is 1. The summed E-state index contributed by atoms with van der Waals surface area (Å²) in [6, 6.07) is 4.41. The van der Waals surface area contributed by atoms with E-state index in [0.29, 0.717) is 23.7 Å². The van der Waals surface area contributed by atoms with Crippen molar-refractivity contribution in [2.75, 3.05) is 18.5 Å². The van der Waals surface area contributed by atoms with Crippen LogP contribution in [0.5, 0.6) is 0 Å². The Balaban J connectivity index is 2.81. The molecule has 0 aliphatic rings. The summed E-state index contributed by atoms with van der Waals surface area (Å²) in [5.41, 5.74) is 0.343. The third-order valence-corrected chi connectivity index (χ3v) is 2.66. The molecule has 0 saturated heterocycles. The molecule has 1 aromatic carbocycles. The van der Waals surface area contributed by atoms with Gasteiger partial charge in [0.1, 0.15) is 5.69 Å². The fourth-order valence-corrected chi connectivity index (χ4v) is 1.72. The van der Waals surface area contributed by atoms with Crippen molar-refractivity contribution in [1.29, 1.82) is 0 Å². The van der Waals surface area contributed by atoms with E-state index in [-0.39, 0.29) is 12.1 Å². The van der Waals surface area contributed by atoms with E-state index in [9.17, 15) is 14.9 Å². The van der Waals surface area contributed by atoms with Crippen molar-refractivity contribution in [2.24, 2.45) is 0 Å². The molecular weight excluding hydrogens is 260 g/mol. The summed E-state index contributed by atoms with van der Waals surface area (Å²) >= 11 is 5.71. The van der Waals surface area contributed by atoms with Gasteiger partial charge in [-0.3, -0.25) is 14.9 Å². The van der Waals surface area contributed by atoms with E-state index in [1.807, 2.05) is 0 Å². The van der Waals surface area contributed by atoms with E-state index in [0.717, 1.165) is 0 Å². The molecular formula is C11H13ClN2O4. The van der Waals surface area contributed by atoms with Crippen molar-refractivity contribution in [3.8, 4) is 0 Å². The van der Waals surface area contributed by atoms with E-state index in [2.05, 4.69) is 0 Å². The zero-order chi connectivity index (χ0) is 13.7. The molecule has 6 nitrogen and oxygen atoms in total. The number of hydrogen-bond acceptors (Lipinski definition) is 4. The summed E-state index contributed by atoms with van der Waals surface area (Å²) in [6.07, 6.45) is 0.456. The standard InChI is InChI=1S/C11H13ClN2O4/c1-13(6-2-3-11(15)16)9-5-4-8(12)7-10(9)14(17)18/h4-5,7H,2-3,6H2,1H3,(H,15,16). The summed E-state index contributed by atoms with van der Waals surface area (Å²) in [5.74, 6) is -0.881. The van der Waals surface area contributed by atoms with Gasteiger partial charge < -0.3 is 10.0 Å². The first-order chi connectivity index (χ1) is 8.41. The molecule has 1 N–H and O–H groups in total. The minimum Gasteiger partial charge on any atom is -0.481 e. The monoisotopic (exact) mass is 272 g/mol. The Morgan fingerprint density at radius 1 is 1.56 bits per heavy atom. The minimum atomic E-state index is -0.881. The average Bonchev–Trinajstić information content (AvgIpc) is 2.28. The van der Waals surface area contributed by atoms with Crippen LogP contribution in [0.1, 0.15) is 12.8 Å². The Labute approximate surface area is 109 Å². The van der Waals surface area contributed by atoms with Gasteiger partial charge in [0.05, 0.1) is 4.92 Å². The number of hydrogen-bond donors (Lipinski definition) is 1. The Morgan fingerprint density at radius 3 is 2.78 bits per heavy atom. The van der Waals surface area contributed by atoms with Crippen molar-refractivity contribution in [3.05, 3.63) is 33.3 Å². The van der Waals surface area contributed by atoms with E-state index in [4.69, 9.17) is 16.7 Å². The minimum absolute atomic E-state index is 0.0335. The first-order valence-corrected chi connectivity index (χ1v) is 5.66. The highest BCUT2D eigenvalue weighted by Crippen LogP contribution is 2.30. The molecule has 0 aliphatic heterocycles. The first kappa shape index (κ1) is 14.2. The first-order valence-electron chi connectivity index (χ1n) is 5.28. The van der Waals surface area contributed by atoms with Crippen LogP contribution in [-0.2, 0) is 4.79 Å². The molecule has 0 amide bonds. The lowest BCUT2D eigenvalue weighted by molar-refractivity contribution is -0.384. The highest BCUT2D eigenvalue weighted by molar-refractivity contribution is 6.30. The molecule has 0 saturated carbocycles. The maximum Gasteiger partial charge on any atom is 0.303 e. The normalized spacial score (nSPS) is 10.1. The number of halogens is 1. The summed E-state index contributed by atoms with van der Waals surface area (Å²) in [5, 5.41) is 19.7. The lowest BCUT2D eigenvalue weighted by Crippen LogP contribution is -2.20. The topological polar surface area (TPSA) is 83.7 Å². The maximum atomic E-state index is 10.9. The van der Waals surface area contributed by atoms with Crippen molar-refractivity contribution in [1.82, 2.24) is 0 Å². The predicted molar refractivity (Wildman–Crippen MR) is 68.2 cm³/mol. The quantitative estimate of drug-likeness (QED) is 0.635. The number of rotatable bonds is 6. The zero-order valence-electron chi connectivity index (χ0n) is 9.80. The molecule has 0 aromatic heterocycles. The summed E-state index contributed by atoms with van der Waals surface area (Å²) in [4.78, 5) is 22.4. The largest absolute Gasteiger partial charge is 0.481 e. The number of carbonyl (C=O) groups is 1. The molecule has 0 fully saturated rings. The Morgan fingerprint density at radius 2 is 2.22 bits per heavy atom. The third-order valence-electron chi connectivity index (χ3n) is 2.43. The summed E-state index contributed by atoms with van der Waals surface area (Å²) < 4.78 is 0. The van der Waals surface area contributed by atoms with Crippen LogP contribution in [0.2, 0.25) is 5.02 Å². The van der Waals surface area contributed by atoms with Gasteiger partial charge in [0.2, 0.25) is 0 Å². The van der Waals surface area contributed by atoms with Gasteiger partial charge in [-0.25, -0.2) is 0 Å². The van der Waals surface area contributed by atoms with Crippen molar-refractivity contribution >= 4 is 28.9 Å². The SMILES string of the molecule is CN(CCCC(=O)O)c1ccc(Cl)cc1[N+](=O)[O-]. The lowest BCUT2D eigenvalue weighted by Gasteiger charge is -2.18. The van der Waals surface area contributed by atoms with Gasteiger partial charge in [-0.1, -0.05) is 11.6 Å². The third kappa shape index (κ3) is 3.89. The maximum absolute atomic E-state index is 10.9. The van der Waals surface area contributed by atoms with Gasteiger partial charge in [-0.2, -0.15) is 0 Å². The molecule has 0 bridgehead atoms. The number of carboxylic acid groups (broad SMARTS) is 1. The number of nitro groups is 1. The van der Waals surface area contributed by atoms with Crippen LogP contribution < -0.4 is 4.90 Å². The summed E-state index contributed by atoms with van der Waals surface area (Å²) in [6.45, 7) is 0.425. The highest BCUT2D eigenvalue weighted by atomic mass is 35.5. The second-order valence-electron chi connectivity index (χ2n) is 3.81. The van der Waals surface area contributed by atoms with Gasteiger partial charge in [0.15, 0.2) is 0 Å². The number of aliphatic carboxylic acids is 1. The zero-order valence-corrected chi connectivity index (χ0v) is 10.6. The average molecular weight is 273 g/mol. The van der Waals surface area contributed by atoms with Crippen LogP contribution in [0, 0.1) is 10.1 Å². The van der Waals surface area contributed by atoms with Crippen LogP contribution in [0.3, 0.4) is 0 Å². The van der Waals surface area contributed by atoms with Crippen LogP contribution in [0.25, 0.3) is 0 Å². The second kappa shape index (κ2) is 6.20. The van der Waals surface area contributed by atoms with Gasteiger partial charge in [-0.15, -0.1) is 0 Å². The molecule has 18 heavy (non-hydrogen) atoms. The van der Waals surface area contributed by atoms with E-state index < -0.39 is 10.9 Å². The van der Waals surface area contributed by atoms with E-state index >= 15 is 0 Å². The molecule has 0 heterocycles. The molecule has 0 atom stereocenters. The summed E-state index contributed by atoms with van der Waals surface area (Å²) in [7, 11) is 1.68. The van der Waals surface area contributed by atoms with Crippen molar-refractivity contribution in [3.63, 3.8) is 0 Å². The fraction of sp³-hybridized carbons (Fsp3) is 0.364. The molecule has 0 unspecified atom stereocenters. The Kier molecular flexibility index (Phi) is 4.91. The smallest absolute Gasteiger partial charge is 0.303 e. The second-order valence-corrected chi connectivity index (χ2v) is 4.25. The van der Waals surface area contributed by atoms with Gasteiger partial charge in [0, 0.05) is 31.1 Å².